The smallest absolute Gasteiger partial charge is 0.155 e. The zero-order chi connectivity index (χ0) is 65.0. The summed E-state index contributed by atoms with van der Waals surface area (Å²) >= 11 is 0. The van der Waals surface area contributed by atoms with Gasteiger partial charge in [-0.2, -0.15) is 0 Å². The van der Waals surface area contributed by atoms with E-state index < -0.39 is 0 Å². The summed E-state index contributed by atoms with van der Waals surface area (Å²) in [6, 6.07) is 64.4. The maximum absolute atomic E-state index is 10.0. The molecule has 483 valence electrons. The number of hydrogen-bond acceptors (Lipinski definition) is 12. The van der Waals surface area contributed by atoms with Crippen molar-refractivity contribution in [1.82, 2.24) is 15.0 Å². The molecule has 0 atom stereocenters. The van der Waals surface area contributed by atoms with Crippen molar-refractivity contribution in [3.05, 3.63) is 269 Å². The van der Waals surface area contributed by atoms with Gasteiger partial charge < -0.3 is 43.5 Å². The van der Waals surface area contributed by atoms with Gasteiger partial charge in [0.1, 0.15) is 34.0 Å². The van der Waals surface area contributed by atoms with E-state index in [0.29, 0.717) is 0 Å². The fraction of sp³-hybridized carbons (Fsp3) is 0.154. The summed E-state index contributed by atoms with van der Waals surface area (Å²) in [5, 5.41) is 28.1. The van der Waals surface area contributed by atoms with Crippen LogP contribution >= 0.6 is 0 Å². The van der Waals surface area contributed by atoms with Crippen LogP contribution in [0.4, 0.5) is 0 Å². The first-order valence-electron chi connectivity index (χ1n) is 29.0. The number of aliphatic hydroxyl groups excluding tert-OH is 3. The van der Waals surface area contributed by atoms with Crippen LogP contribution in [-0.4, -0.2) is 47.6 Å². The number of ketones is 3. The monoisotopic (exact) mass is 1770 g/mol. The molecule has 6 aromatic carbocycles. The Kier molecular flexibility index (Phi) is 30.3. The fourth-order valence-electron chi connectivity index (χ4n) is 9.59. The largest absolute Gasteiger partial charge is 0.512 e. The third kappa shape index (κ3) is 23.6. The molecular weight excluding hydrogens is 1700 g/mol. The topological polar surface area (TPSA) is 190 Å². The number of furan rings is 3. The first kappa shape index (κ1) is 76.4. The summed E-state index contributed by atoms with van der Waals surface area (Å²) in [6.07, 6.45) is 9.09. The molecule has 6 heterocycles. The molecule has 0 aliphatic carbocycles. The minimum absolute atomic E-state index is 0. The van der Waals surface area contributed by atoms with Crippen LogP contribution in [0.2, 0.25) is 0 Å². The number of aryl methyl sites for hydroxylation is 6. The number of fused-ring (bicyclic) bond motifs is 3. The minimum atomic E-state index is -0.125. The molecule has 15 heteroatoms. The van der Waals surface area contributed by atoms with Gasteiger partial charge in [0.2, 0.25) is 0 Å². The fourth-order valence-corrected chi connectivity index (χ4v) is 9.59. The Morgan fingerprint density at radius 2 is 0.699 bits per heavy atom. The van der Waals surface area contributed by atoms with Crippen molar-refractivity contribution < 1.29 is 103 Å². The number of allylic oxidation sites excluding steroid dienone is 6. The molecule has 12 aromatic rings. The standard InChI is InChI=1S/C22H18NO.C21H16NO.C20H14NO.3C5H8O2.3Ir/c1-14-9-15(2)22(16(3)10-14)21-11-18-13-23-19(12-20(18)24-21)17-7-5-4-6-8-17;1-14-8-15(2)10-17(9-14)20-11-18-13-22-19(12-21(18)23-20)16-6-4-3-5-7-16;1-14-7-9-16(10-8-14)19-11-17-13-21-18(12-20(17)22-19)15-5-3-2-4-6-15;3*1-4(6)3-5(2)7;;;/h4-7,9-13H,1-3H3;3-6,8-13H,1-2H3;2-5,7-13H,1H3;3*3,6H,1-2H3;;;/q3*-1;;;;;;. The molecule has 0 saturated heterocycles. The van der Waals surface area contributed by atoms with Crippen LogP contribution in [0, 0.1) is 59.7 Å². The number of aliphatic hydroxyl groups is 3. The Hall–Kier alpha value is -9.03. The Bertz CT molecular complexity index is 4410. The third-order valence-corrected chi connectivity index (χ3v) is 13.2. The van der Waals surface area contributed by atoms with Gasteiger partial charge in [0.15, 0.2) is 17.3 Å². The van der Waals surface area contributed by atoms with Crippen LogP contribution in [0.3, 0.4) is 0 Å². The van der Waals surface area contributed by atoms with Crippen molar-refractivity contribution in [2.45, 2.75) is 83.1 Å². The Morgan fingerprint density at radius 3 is 1.01 bits per heavy atom. The predicted molar refractivity (Wildman–Crippen MR) is 361 cm³/mol. The van der Waals surface area contributed by atoms with Crippen LogP contribution in [0.5, 0.6) is 0 Å². The molecule has 12 nitrogen and oxygen atoms in total. The van der Waals surface area contributed by atoms with Gasteiger partial charge >= 0.3 is 0 Å². The number of rotatable bonds is 9. The van der Waals surface area contributed by atoms with E-state index >= 15 is 0 Å². The normalized spacial score (nSPS) is 10.8. The van der Waals surface area contributed by atoms with Gasteiger partial charge in [-0.05, 0) is 160 Å². The second kappa shape index (κ2) is 36.9. The predicted octanol–water partition coefficient (Wildman–Crippen LogP) is 19.8. The van der Waals surface area contributed by atoms with Crippen molar-refractivity contribution in [1.29, 1.82) is 0 Å². The molecule has 0 saturated carbocycles. The van der Waals surface area contributed by atoms with E-state index in [1.807, 2.05) is 116 Å². The van der Waals surface area contributed by atoms with Crippen LogP contribution in [0.1, 0.15) is 74.9 Å². The van der Waals surface area contributed by atoms with E-state index in [1.165, 1.54) is 98.7 Å². The van der Waals surface area contributed by atoms with Crippen LogP contribution in [0.25, 0.3) is 101 Å². The van der Waals surface area contributed by atoms with E-state index in [4.69, 9.17) is 28.6 Å². The molecule has 12 rings (SSSR count). The quantitative estimate of drug-likeness (QED) is 0.0705. The van der Waals surface area contributed by atoms with Crippen LogP contribution in [0.15, 0.2) is 231 Å². The summed E-state index contributed by atoms with van der Waals surface area (Å²) in [4.78, 5) is 43.6. The van der Waals surface area contributed by atoms with E-state index in [-0.39, 0.29) is 94.9 Å². The van der Waals surface area contributed by atoms with Gasteiger partial charge in [0.25, 0.3) is 0 Å². The van der Waals surface area contributed by atoms with Crippen LogP contribution < -0.4 is 0 Å². The Morgan fingerprint density at radius 1 is 0.376 bits per heavy atom. The summed E-state index contributed by atoms with van der Waals surface area (Å²) in [7, 11) is 0. The SMILES string of the molecule is CC(=O)C=C(C)O.CC(=O)C=C(C)O.CC(=O)C=C(C)O.Cc1cc(C)c(-c2cc3cnc(-c4[c-]cccc4)cc3o2)c(C)c1.Cc1cc(C)cc(-c2cc3cnc(-c4[c-]cccc4)cc3o2)c1.Cc1ccc(-c2cc3cnc(-c4[c-]cccc4)cc3o2)cc1.[Ir].[Ir].[Ir]. The van der Waals surface area contributed by atoms with E-state index in [2.05, 4.69) is 141 Å². The maximum atomic E-state index is 10.0. The average molecular weight is 1770 g/mol. The molecule has 3 radical (unpaired) electrons. The molecule has 0 bridgehead atoms. The average Bonchev–Trinajstić information content (AvgIpc) is 1.72. The number of carbonyl (C=O) groups is 3. The summed E-state index contributed by atoms with van der Waals surface area (Å²) < 4.78 is 18.2. The molecule has 3 N–H and O–H groups in total. The molecule has 0 amide bonds. The van der Waals surface area contributed by atoms with E-state index in [1.54, 1.807) is 0 Å². The first-order valence-corrected chi connectivity index (χ1v) is 29.0. The number of aromatic nitrogens is 3. The van der Waals surface area contributed by atoms with Crippen molar-refractivity contribution in [3.63, 3.8) is 0 Å². The number of carbonyl (C=O) groups excluding carboxylic acids is 3. The summed E-state index contributed by atoms with van der Waals surface area (Å²) in [5.41, 5.74) is 18.9. The zero-order valence-electron chi connectivity index (χ0n) is 53.7. The van der Waals surface area contributed by atoms with Gasteiger partial charge in [-0.1, -0.05) is 64.7 Å². The summed E-state index contributed by atoms with van der Waals surface area (Å²) in [5.74, 6) is 2.46. The van der Waals surface area contributed by atoms with Gasteiger partial charge in [-0.15, -0.1) is 108 Å². The van der Waals surface area contributed by atoms with Crippen molar-refractivity contribution in [3.8, 4) is 67.7 Å². The van der Waals surface area contributed by atoms with E-state index in [0.717, 1.165) is 95.1 Å². The molecular formula is C78H72Ir3N3O9-3. The summed E-state index contributed by atoms with van der Waals surface area (Å²) in [6.45, 7) is 21.2. The first-order chi connectivity index (χ1) is 43.0. The minimum Gasteiger partial charge on any atom is -0.512 e. The zero-order valence-corrected chi connectivity index (χ0v) is 60.9. The number of benzene rings is 6. The van der Waals surface area contributed by atoms with Crippen molar-refractivity contribution in [2.75, 3.05) is 0 Å². The van der Waals surface area contributed by atoms with Crippen LogP contribution in [-0.2, 0) is 74.7 Å². The number of hydrogen-bond donors (Lipinski definition) is 3. The Labute approximate surface area is 584 Å². The molecule has 0 aliphatic rings. The third-order valence-electron chi connectivity index (χ3n) is 13.2. The second-order valence-electron chi connectivity index (χ2n) is 21.7. The molecule has 0 fully saturated rings. The Balaban J connectivity index is 0.000000254. The molecule has 93 heavy (non-hydrogen) atoms. The second-order valence-corrected chi connectivity index (χ2v) is 21.7. The van der Waals surface area contributed by atoms with E-state index in [9.17, 15) is 14.4 Å². The van der Waals surface area contributed by atoms with Crippen molar-refractivity contribution >= 4 is 50.3 Å². The maximum Gasteiger partial charge on any atom is 0.155 e. The molecule has 6 aromatic heterocycles. The molecule has 0 unspecified atom stereocenters. The molecule has 0 aliphatic heterocycles. The van der Waals surface area contributed by atoms with Gasteiger partial charge in [0.05, 0.1) is 17.3 Å². The number of pyridine rings is 3. The van der Waals surface area contributed by atoms with Gasteiger partial charge in [-0.3, -0.25) is 14.4 Å². The van der Waals surface area contributed by atoms with Crippen molar-refractivity contribution in [2.24, 2.45) is 0 Å². The number of nitrogens with zero attached hydrogens (tertiary/aromatic N) is 3. The van der Waals surface area contributed by atoms with Gasteiger partial charge in [0, 0.05) is 130 Å². The van der Waals surface area contributed by atoms with Gasteiger partial charge in [-0.25, -0.2) is 0 Å². The molecule has 0 spiro atoms.